The average Bonchev–Trinajstić information content (AvgIpc) is 2.32. The van der Waals surface area contributed by atoms with Gasteiger partial charge in [-0.05, 0) is 62.8 Å². The third-order valence-corrected chi connectivity index (χ3v) is 6.12. The van der Waals surface area contributed by atoms with Crippen LogP contribution >= 0.6 is 0 Å². The third kappa shape index (κ3) is 2.68. The van der Waals surface area contributed by atoms with Crippen LogP contribution in [0, 0.1) is 13.8 Å². The largest absolute Gasteiger partial charge is 0.324 e. The Labute approximate surface area is 121 Å². The van der Waals surface area contributed by atoms with Crippen LogP contribution in [0.2, 0.25) is 0 Å². The molecular weight excluding hydrogens is 274 g/mol. The van der Waals surface area contributed by atoms with Crippen LogP contribution in [0.1, 0.15) is 43.7 Å². The number of rotatable bonds is 5. The Kier molecular flexibility index (Phi) is 4.09. The van der Waals surface area contributed by atoms with Crippen molar-refractivity contribution in [2.24, 2.45) is 5.84 Å². The van der Waals surface area contributed by atoms with Gasteiger partial charge in [0.25, 0.3) is 0 Å². The minimum absolute atomic E-state index is 0.248. The number of nitrogens with two attached hydrogens (primary N) is 1. The second-order valence-corrected chi connectivity index (χ2v) is 7.30. The molecule has 1 aromatic carbocycles. The maximum absolute atomic E-state index is 12.7. The highest BCUT2D eigenvalue weighted by Crippen LogP contribution is 2.37. The first-order valence-corrected chi connectivity index (χ1v) is 8.44. The maximum Gasteiger partial charge on any atom is 0.241 e. The van der Waals surface area contributed by atoms with E-state index in [1.807, 2.05) is 6.92 Å². The van der Waals surface area contributed by atoms with E-state index in [1.165, 1.54) is 0 Å². The molecule has 1 aliphatic carbocycles. The van der Waals surface area contributed by atoms with Crippen molar-refractivity contribution >= 4 is 15.7 Å². The lowest BCUT2D eigenvalue weighted by Crippen LogP contribution is -2.53. The Bertz CT molecular complexity index is 578. The molecule has 0 atom stereocenters. The van der Waals surface area contributed by atoms with E-state index >= 15 is 0 Å². The predicted octanol–water partition coefficient (Wildman–Crippen LogP) is 2.20. The highest BCUT2D eigenvalue weighted by Gasteiger charge is 2.39. The highest BCUT2D eigenvalue weighted by atomic mass is 32.2. The van der Waals surface area contributed by atoms with Gasteiger partial charge in [-0.25, -0.2) is 13.1 Å². The van der Waals surface area contributed by atoms with E-state index in [4.69, 9.17) is 5.84 Å². The Hall–Kier alpha value is -1.11. The van der Waals surface area contributed by atoms with Crippen molar-refractivity contribution in [3.63, 3.8) is 0 Å². The van der Waals surface area contributed by atoms with Gasteiger partial charge in [0.1, 0.15) is 0 Å². The van der Waals surface area contributed by atoms with Crippen molar-refractivity contribution in [2.45, 2.75) is 56.9 Å². The summed E-state index contributed by atoms with van der Waals surface area (Å²) < 4.78 is 28.3. The van der Waals surface area contributed by atoms with Crippen molar-refractivity contribution in [3.8, 4) is 0 Å². The van der Waals surface area contributed by atoms with E-state index in [1.54, 1.807) is 26.0 Å². The molecule has 1 saturated carbocycles. The summed E-state index contributed by atoms with van der Waals surface area (Å²) in [7, 11) is -3.50. The van der Waals surface area contributed by atoms with Gasteiger partial charge in [-0.15, -0.1) is 0 Å². The van der Waals surface area contributed by atoms with E-state index in [0.717, 1.165) is 25.7 Å². The molecule has 1 aliphatic rings. The summed E-state index contributed by atoms with van der Waals surface area (Å²) in [6, 6.07) is 3.50. The molecule has 20 heavy (non-hydrogen) atoms. The van der Waals surface area contributed by atoms with Crippen molar-refractivity contribution in [1.29, 1.82) is 0 Å². The molecule has 0 saturated heterocycles. The number of hydrazine groups is 1. The second kappa shape index (κ2) is 5.35. The van der Waals surface area contributed by atoms with Gasteiger partial charge >= 0.3 is 0 Å². The van der Waals surface area contributed by atoms with Crippen molar-refractivity contribution in [1.82, 2.24) is 4.72 Å². The zero-order valence-corrected chi connectivity index (χ0v) is 13.1. The standard InChI is InChI=1S/C14H23N3O2S/c1-4-14(6-5-7-14)17-20(18,19)13-10(2)8-12(16-15)9-11(13)3/h8-9,16-17H,4-7,15H2,1-3H3. The van der Waals surface area contributed by atoms with Gasteiger partial charge in [-0.1, -0.05) is 6.92 Å². The summed E-state index contributed by atoms with van der Waals surface area (Å²) in [5.74, 6) is 5.39. The fraction of sp³-hybridized carbons (Fsp3) is 0.571. The number of hydrogen-bond donors (Lipinski definition) is 3. The molecule has 5 nitrogen and oxygen atoms in total. The topological polar surface area (TPSA) is 84.2 Å². The second-order valence-electron chi connectivity index (χ2n) is 5.68. The van der Waals surface area contributed by atoms with Gasteiger partial charge in [-0.2, -0.15) is 0 Å². The molecule has 1 fully saturated rings. The van der Waals surface area contributed by atoms with E-state index in [-0.39, 0.29) is 5.54 Å². The first kappa shape index (κ1) is 15.3. The monoisotopic (exact) mass is 297 g/mol. The van der Waals surface area contributed by atoms with Crippen LogP contribution in [0.4, 0.5) is 5.69 Å². The van der Waals surface area contributed by atoms with Crippen molar-refractivity contribution in [2.75, 3.05) is 5.43 Å². The number of hydrogen-bond acceptors (Lipinski definition) is 4. The van der Waals surface area contributed by atoms with Crippen LogP contribution < -0.4 is 16.0 Å². The SMILES string of the molecule is CCC1(NS(=O)(=O)c2c(C)cc(NN)cc2C)CCC1. The molecule has 112 valence electrons. The van der Waals surface area contributed by atoms with Crippen LogP contribution in [0.15, 0.2) is 17.0 Å². The van der Waals surface area contributed by atoms with Gasteiger partial charge in [-0.3, -0.25) is 5.84 Å². The minimum Gasteiger partial charge on any atom is -0.324 e. The lowest BCUT2D eigenvalue weighted by atomic mass is 9.76. The average molecular weight is 297 g/mol. The molecule has 0 unspecified atom stereocenters. The molecule has 6 heteroatoms. The number of benzene rings is 1. The fourth-order valence-electron chi connectivity index (χ4n) is 2.92. The zero-order valence-electron chi connectivity index (χ0n) is 12.3. The lowest BCUT2D eigenvalue weighted by Gasteiger charge is -2.41. The van der Waals surface area contributed by atoms with Crippen LogP contribution in [-0.4, -0.2) is 14.0 Å². The molecule has 2 rings (SSSR count). The van der Waals surface area contributed by atoms with Crippen LogP contribution in [0.3, 0.4) is 0 Å². The van der Waals surface area contributed by atoms with E-state index in [9.17, 15) is 8.42 Å². The summed E-state index contributed by atoms with van der Waals surface area (Å²) in [5.41, 5.74) is 4.43. The Balaban J connectivity index is 2.39. The van der Waals surface area contributed by atoms with Gasteiger partial charge in [0.05, 0.1) is 4.90 Å². The fourth-order valence-corrected chi connectivity index (χ4v) is 4.91. The van der Waals surface area contributed by atoms with E-state index in [0.29, 0.717) is 21.7 Å². The normalized spacial score (nSPS) is 17.6. The number of nitrogens with one attached hydrogen (secondary N) is 2. The van der Waals surface area contributed by atoms with E-state index < -0.39 is 10.0 Å². The maximum atomic E-state index is 12.7. The highest BCUT2D eigenvalue weighted by molar-refractivity contribution is 7.89. The summed E-state index contributed by atoms with van der Waals surface area (Å²) in [4.78, 5) is 0.372. The summed E-state index contributed by atoms with van der Waals surface area (Å²) >= 11 is 0. The van der Waals surface area contributed by atoms with Gasteiger partial charge in [0.15, 0.2) is 0 Å². The summed E-state index contributed by atoms with van der Waals surface area (Å²) in [5, 5.41) is 0. The number of sulfonamides is 1. The molecule has 4 N–H and O–H groups in total. The molecule has 0 bridgehead atoms. The molecule has 0 heterocycles. The van der Waals surface area contributed by atoms with Crippen molar-refractivity contribution in [3.05, 3.63) is 23.3 Å². The first-order chi connectivity index (χ1) is 9.33. The first-order valence-electron chi connectivity index (χ1n) is 6.95. The lowest BCUT2D eigenvalue weighted by molar-refractivity contribution is 0.214. The molecule has 1 aromatic rings. The van der Waals surface area contributed by atoms with Crippen LogP contribution in [0.25, 0.3) is 0 Å². The Morgan fingerprint density at radius 3 is 2.15 bits per heavy atom. The van der Waals surface area contributed by atoms with Crippen molar-refractivity contribution < 1.29 is 8.42 Å². The molecule has 0 spiro atoms. The molecule has 0 aliphatic heterocycles. The third-order valence-electron chi connectivity index (χ3n) is 4.23. The smallest absolute Gasteiger partial charge is 0.241 e. The minimum atomic E-state index is -3.50. The Morgan fingerprint density at radius 2 is 1.80 bits per heavy atom. The number of anilines is 1. The Morgan fingerprint density at radius 1 is 1.25 bits per heavy atom. The molecular formula is C14H23N3O2S. The number of aryl methyl sites for hydroxylation is 2. The number of nitrogen functional groups attached to an aromatic ring is 1. The van der Waals surface area contributed by atoms with Gasteiger partial charge < -0.3 is 5.43 Å². The van der Waals surface area contributed by atoms with Crippen LogP contribution in [-0.2, 0) is 10.0 Å². The predicted molar refractivity (Wildman–Crippen MR) is 80.9 cm³/mol. The molecule has 0 radical (unpaired) electrons. The van der Waals surface area contributed by atoms with Gasteiger partial charge in [0, 0.05) is 11.2 Å². The zero-order chi connectivity index (χ0) is 15.0. The van der Waals surface area contributed by atoms with E-state index in [2.05, 4.69) is 10.1 Å². The van der Waals surface area contributed by atoms with Crippen LogP contribution in [0.5, 0.6) is 0 Å². The van der Waals surface area contributed by atoms with Gasteiger partial charge in [0.2, 0.25) is 10.0 Å². The summed E-state index contributed by atoms with van der Waals surface area (Å²) in [6.07, 6.45) is 3.75. The molecule has 0 aromatic heterocycles. The quantitative estimate of drug-likeness (QED) is 0.574. The summed E-state index contributed by atoms with van der Waals surface area (Å²) in [6.45, 7) is 5.62. The molecule has 0 amide bonds.